The molecule has 2 aromatic rings. The number of nitrogens with zero attached hydrogens (tertiary/aromatic N) is 1. The predicted molar refractivity (Wildman–Crippen MR) is 109 cm³/mol. The molecule has 0 bridgehead atoms. The van der Waals surface area contributed by atoms with E-state index >= 15 is 0 Å². The average molecular weight is 402 g/mol. The van der Waals surface area contributed by atoms with Gasteiger partial charge in [0.25, 0.3) is 5.91 Å². The van der Waals surface area contributed by atoms with Crippen molar-refractivity contribution >= 4 is 51.9 Å². The first-order valence-corrected chi connectivity index (χ1v) is 9.52. The first-order chi connectivity index (χ1) is 13.1. The first-order valence-electron chi connectivity index (χ1n) is 8.29. The van der Waals surface area contributed by atoms with Gasteiger partial charge in [-0.2, -0.15) is 0 Å². The Bertz CT molecular complexity index is 860. The normalized spacial score (nSPS) is 15.4. The molecule has 2 amide bonds. The number of thiocarbonyl (C=S) groups is 1. The average Bonchev–Trinajstić information content (AvgIpc) is 3.26. The van der Waals surface area contributed by atoms with Crippen molar-refractivity contribution in [3.8, 4) is 5.75 Å². The summed E-state index contributed by atoms with van der Waals surface area (Å²) in [6.07, 6.45) is 4.03. The molecule has 27 heavy (non-hydrogen) atoms. The highest BCUT2D eigenvalue weighted by atomic mass is 32.2. The molecular weight excluding hydrogens is 384 g/mol. The van der Waals surface area contributed by atoms with Crippen molar-refractivity contribution in [2.45, 2.75) is 12.8 Å². The molecule has 1 aliphatic heterocycles. The molecule has 1 saturated heterocycles. The number of amides is 2. The van der Waals surface area contributed by atoms with Crippen molar-refractivity contribution in [3.63, 3.8) is 0 Å². The van der Waals surface area contributed by atoms with Gasteiger partial charge in [0.15, 0.2) is 0 Å². The zero-order chi connectivity index (χ0) is 19.2. The van der Waals surface area contributed by atoms with Crippen molar-refractivity contribution in [1.29, 1.82) is 0 Å². The number of benzene rings is 1. The summed E-state index contributed by atoms with van der Waals surface area (Å²) in [7, 11) is 1.59. The van der Waals surface area contributed by atoms with Gasteiger partial charge in [0.2, 0.25) is 5.91 Å². The lowest BCUT2D eigenvalue weighted by atomic mass is 10.2. The number of nitrogens with one attached hydrogen (secondary N) is 1. The van der Waals surface area contributed by atoms with Crippen LogP contribution >= 0.6 is 24.0 Å². The number of rotatable bonds is 7. The Morgan fingerprint density at radius 3 is 2.78 bits per heavy atom. The van der Waals surface area contributed by atoms with E-state index in [9.17, 15) is 9.59 Å². The Morgan fingerprint density at radius 1 is 1.33 bits per heavy atom. The van der Waals surface area contributed by atoms with Gasteiger partial charge < -0.3 is 14.5 Å². The molecule has 0 spiro atoms. The third-order valence-electron chi connectivity index (χ3n) is 3.85. The van der Waals surface area contributed by atoms with Crippen LogP contribution in [0, 0.1) is 0 Å². The minimum Gasteiger partial charge on any atom is -0.497 e. The van der Waals surface area contributed by atoms with Gasteiger partial charge in [-0.25, -0.2) is 0 Å². The van der Waals surface area contributed by atoms with E-state index in [-0.39, 0.29) is 11.8 Å². The molecule has 2 heterocycles. The quantitative estimate of drug-likeness (QED) is 0.559. The minimum absolute atomic E-state index is 0.114. The standard InChI is InChI=1S/C19H18N2O4S2/c1-24-14-8-6-13(7-9-14)20-17(22)5-2-10-21-18(23)16(27-19(21)26)12-15-4-3-11-25-15/h3-4,6-9,11-12H,2,5,10H2,1H3,(H,20,22). The number of hydrogen-bond acceptors (Lipinski definition) is 6. The molecule has 1 aromatic carbocycles. The minimum atomic E-state index is -0.156. The van der Waals surface area contributed by atoms with E-state index in [1.165, 1.54) is 16.7 Å². The van der Waals surface area contributed by atoms with Gasteiger partial charge in [0.05, 0.1) is 18.3 Å². The smallest absolute Gasteiger partial charge is 0.266 e. The van der Waals surface area contributed by atoms with Gasteiger partial charge in [-0.05, 0) is 42.8 Å². The maximum Gasteiger partial charge on any atom is 0.266 e. The highest BCUT2D eigenvalue weighted by Crippen LogP contribution is 2.32. The van der Waals surface area contributed by atoms with Crippen molar-refractivity contribution in [1.82, 2.24) is 4.90 Å². The van der Waals surface area contributed by atoms with Crippen LogP contribution < -0.4 is 10.1 Å². The van der Waals surface area contributed by atoms with Crippen molar-refractivity contribution in [2.24, 2.45) is 0 Å². The molecule has 0 atom stereocenters. The summed E-state index contributed by atoms with van der Waals surface area (Å²) in [5.74, 6) is 1.06. The fraction of sp³-hybridized carbons (Fsp3) is 0.211. The van der Waals surface area contributed by atoms with E-state index in [2.05, 4.69) is 5.32 Å². The second-order valence-electron chi connectivity index (χ2n) is 5.73. The van der Waals surface area contributed by atoms with Gasteiger partial charge in [-0.15, -0.1) is 0 Å². The number of carbonyl (C=O) groups excluding carboxylic acids is 2. The van der Waals surface area contributed by atoms with Crippen LogP contribution in [0.5, 0.6) is 5.75 Å². The Kier molecular flexibility index (Phi) is 6.31. The third-order valence-corrected chi connectivity index (χ3v) is 5.23. The number of furan rings is 1. The summed E-state index contributed by atoms with van der Waals surface area (Å²) >= 11 is 6.52. The molecule has 1 aromatic heterocycles. The number of methoxy groups -OCH3 is 1. The van der Waals surface area contributed by atoms with E-state index in [1.807, 2.05) is 0 Å². The lowest BCUT2D eigenvalue weighted by molar-refractivity contribution is -0.122. The summed E-state index contributed by atoms with van der Waals surface area (Å²) in [5.41, 5.74) is 0.702. The lowest BCUT2D eigenvalue weighted by Crippen LogP contribution is -2.29. The summed E-state index contributed by atoms with van der Waals surface area (Å²) in [4.78, 5) is 26.6. The second kappa shape index (κ2) is 8.88. The molecule has 0 unspecified atom stereocenters. The fourth-order valence-electron chi connectivity index (χ4n) is 2.49. The highest BCUT2D eigenvalue weighted by Gasteiger charge is 2.31. The molecule has 6 nitrogen and oxygen atoms in total. The Balaban J connectivity index is 1.48. The van der Waals surface area contributed by atoms with Crippen LogP contribution in [0.15, 0.2) is 52.0 Å². The van der Waals surface area contributed by atoms with Gasteiger partial charge in [0, 0.05) is 24.7 Å². The number of hydrogen-bond donors (Lipinski definition) is 1. The topological polar surface area (TPSA) is 71.8 Å². The molecular formula is C19H18N2O4S2. The van der Waals surface area contributed by atoms with E-state index in [1.54, 1.807) is 55.8 Å². The van der Waals surface area contributed by atoms with Gasteiger partial charge >= 0.3 is 0 Å². The highest BCUT2D eigenvalue weighted by molar-refractivity contribution is 8.26. The molecule has 140 valence electrons. The van der Waals surface area contributed by atoms with E-state index in [4.69, 9.17) is 21.4 Å². The molecule has 3 rings (SSSR count). The summed E-state index contributed by atoms with van der Waals surface area (Å²) in [5, 5.41) is 2.82. The molecule has 1 fully saturated rings. The van der Waals surface area contributed by atoms with E-state index in [0.29, 0.717) is 40.1 Å². The Labute approximate surface area is 166 Å². The molecule has 0 radical (unpaired) electrons. The molecule has 1 aliphatic rings. The van der Waals surface area contributed by atoms with Gasteiger partial charge in [0.1, 0.15) is 15.8 Å². The van der Waals surface area contributed by atoms with Crippen molar-refractivity contribution < 1.29 is 18.7 Å². The van der Waals surface area contributed by atoms with Gasteiger partial charge in [-0.1, -0.05) is 24.0 Å². The van der Waals surface area contributed by atoms with Gasteiger partial charge in [-0.3, -0.25) is 14.5 Å². The number of anilines is 1. The molecule has 8 heteroatoms. The maximum atomic E-state index is 12.5. The lowest BCUT2D eigenvalue weighted by Gasteiger charge is -2.14. The zero-order valence-corrected chi connectivity index (χ0v) is 16.3. The van der Waals surface area contributed by atoms with Crippen LogP contribution in [-0.2, 0) is 9.59 Å². The number of thioether (sulfide) groups is 1. The Hall–Kier alpha value is -2.58. The third kappa shape index (κ3) is 4.99. The predicted octanol–water partition coefficient (Wildman–Crippen LogP) is 3.91. The SMILES string of the molecule is COc1ccc(NC(=O)CCCN2C(=O)C(=Cc3ccco3)SC2=S)cc1. The van der Waals surface area contributed by atoms with E-state index < -0.39 is 0 Å². The largest absolute Gasteiger partial charge is 0.497 e. The second-order valence-corrected chi connectivity index (χ2v) is 7.40. The van der Waals surface area contributed by atoms with Crippen LogP contribution in [0.1, 0.15) is 18.6 Å². The van der Waals surface area contributed by atoms with Crippen molar-refractivity contribution in [3.05, 3.63) is 53.3 Å². The molecule has 1 N–H and O–H groups in total. The molecule has 0 aliphatic carbocycles. The van der Waals surface area contributed by atoms with Crippen LogP contribution in [0.4, 0.5) is 5.69 Å². The Morgan fingerprint density at radius 2 is 2.11 bits per heavy atom. The van der Waals surface area contributed by atoms with Crippen molar-refractivity contribution in [2.75, 3.05) is 19.0 Å². The maximum absolute atomic E-state index is 12.5. The summed E-state index contributed by atoms with van der Waals surface area (Å²) in [6, 6.07) is 10.6. The van der Waals surface area contributed by atoms with Crippen LogP contribution in [0.25, 0.3) is 6.08 Å². The first kappa shape index (κ1) is 19.2. The zero-order valence-electron chi connectivity index (χ0n) is 14.6. The number of ether oxygens (including phenoxy) is 1. The van der Waals surface area contributed by atoms with Crippen LogP contribution in [0.3, 0.4) is 0 Å². The number of carbonyl (C=O) groups is 2. The van der Waals surface area contributed by atoms with E-state index in [0.717, 1.165) is 5.75 Å². The molecule has 0 saturated carbocycles. The monoisotopic (exact) mass is 402 g/mol. The van der Waals surface area contributed by atoms with Crippen LogP contribution in [0.2, 0.25) is 0 Å². The summed E-state index contributed by atoms with van der Waals surface area (Å²) < 4.78 is 10.8. The van der Waals surface area contributed by atoms with Crippen LogP contribution in [-0.4, -0.2) is 34.7 Å². The summed E-state index contributed by atoms with van der Waals surface area (Å²) in [6.45, 7) is 0.399. The fourth-order valence-corrected chi connectivity index (χ4v) is 3.78.